The average Bonchev–Trinajstić information content (AvgIpc) is 3.17. The number of ether oxygens (including phenoxy) is 1. The Morgan fingerprint density at radius 2 is 1.79 bits per heavy atom. The lowest BCUT2D eigenvalue weighted by molar-refractivity contribution is 0.416. The summed E-state index contributed by atoms with van der Waals surface area (Å²) in [5, 5.41) is 6.31. The summed E-state index contributed by atoms with van der Waals surface area (Å²) < 4.78 is 5.63. The maximum absolute atomic E-state index is 5.63. The monoisotopic (exact) mass is 429 g/mol. The SMILES string of the molecule is COc1ccccc1-c1ccc2c(c1)-c1ccc3c(c1=CC2)=CCCC3C1=CC=CC=CN1. The average molecular weight is 430 g/mol. The van der Waals surface area contributed by atoms with Crippen molar-refractivity contribution in [2.24, 2.45) is 0 Å². The lowest BCUT2D eigenvalue weighted by Gasteiger charge is -2.26. The van der Waals surface area contributed by atoms with Crippen LogP contribution in [0.15, 0.2) is 90.8 Å². The quantitative estimate of drug-likeness (QED) is 0.587. The predicted molar refractivity (Wildman–Crippen MR) is 137 cm³/mol. The van der Waals surface area contributed by atoms with Crippen LogP contribution in [0, 0.1) is 0 Å². The number of rotatable bonds is 3. The highest BCUT2D eigenvalue weighted by Crippen LogP contribution is 2.36. The third kappa shape index (κ3) is 3.43. The van der Waals surface area contributed by atoms with E-state index in [0.717, 1.165) is 30.6 Å². The van der Waals surface area contributed by atoms with Crippen LogP contribution in [-0.2, 0) is 6.42 Å². The normalized spacial score (nSPS) is 17.8. The van der Waals surface area contributed by atoms with E-state index in [-0.39, 0.29) is 0 Å². The summed E-state index contributed by atoms with van der Waals surface area (Å²) in [5.41, 5.74) is 9.11. The van der Waals surface area contributed by atoms with Crippen molar-refractivity contribution in [1.29, 1.82) is 0 Å². The van der Waals surface area contributed by atoms with Crippen LogP contribution in [0.3, 0.4) is 0 Å². The summed E-state index contributed by atoms with van der Waals surface area (Å²) >= 11 is 0. The first-order chi connectivity index (χ1) is 16.3. The fourth-order valence-electron chi connectivity index (χ4n) is 5.47. The van der Waals surface area contributed by atoms with Crippen molar-refractivity contribution in [2.75, 3.05) is 7.11 Å². The van der Waals surface area contributed by atoms with Crippen molar-refractivity contribution in [1.82, 2.24) is 5.32 Å². The third-order valence-electron chi connectivity index (χ3n) is 7.06. The zero-order chi connectivity index (χ0) is 22.2. The van der Waals surface area contributed by atoms with E-state index in [4.69, 9.17) is 4.74 Å². The van der Waals surface area contributed by atoms with E-state index in [1.807, 2.05) is 18.3 Å². The second-order valence-electron chi connectivity index (χ2n) is 8.85. The van der Waals surface area contributed by atoms with Crippen LogP contribution in [0.5, 0.6) is 5.75 Å². The summed E-state index contributed by atoms with van der Waals surface area (Å²) in [6, 6.07) is 19.8. The summed E-state index contributed by atoms with van der Waals surface area (Å²) in [5.74, 6) is 1.31. The van der Waals surface area contributed by atoms with Crippen molar-refractivity contribution in [3.05, 3.63) is 112 Å². The van der Waals surface area contributed by atoms with Gasteiger partial charge in [0, 0.05) is 23.4 Å². The number of hydrogen-bond acceptors (Lipinski definition) is 2. The van der Waals surface area contributed by atoms with Crippen molar-refractivity contribution in [2.45, 2.75) is 25.2 Å². The molecule has 2 nitrogen and oxygen atoms in total. The fourth-order valence-corrected chi connectivity index (χ4v) is 5.47. The molecule has 0 amide bonds. The molecule has 3 aliphatic rings. The van der Waals surface area contributed by atoms with Gasteiger partial charge in [0.2, 0.25) is 0 Å². The largest absolute Gasteiger partial charge is 0.496 e. The zero-order valence-electron chi connectivity index (χ0n) is 18.8. The van der Waals surface area contributed by atoms with Crippen LogP contribution in [0.1, 0.15) is 29.9 Å². The number of para-hydroxylation sites is 1. The summed E-state index contributed by atoms with van der Waals surface area (Å²) in [4.78, 5) is 0. The van der Waals surface area contributed by atoms with Gasteiger partial charge in [0.1, 0.15) is 5.75 Å². The number of benzene rings is 3. The molecule has 3 aromatic rings. The number of fused-ring (bicyclic) bond motifs is 5. The van der Waals surface area contributed by atoms with E-state index in [2.05, 4.69) is 84.2 Å². The molecule has 6 rings (SSSR count). The molecule has 33 heavy (non-hydrogen) atoms. The van der Waals surface area contributed by atoms with Crippen molar-refractivity contribution < 1.29 is 4.74 Å². The van der Waals surface area contributed by atoms with Gasteiger partial charge in [-0.1, -0.05) is 66.8 Å². The Kier molecular flexibility index (Phi) is 4.99. The van der Waals surface area contributed by atoms with E-state index in [1.54, 1.807) is 7.11 Å². The minimum Gasteiger partial charge on any atom is -0.496 e. The summed E-state index contributed by atoms with van der Waals surface area (Å²) in [6.07, 6.45) is 18.6. The number of hydrogen-bond donors (Lipinski definition) is 1. The van der Waals surface area contributed by atoms with Crippen LogP contribution >= 0.6 is 0 Å². The molecule has 3 aromatic carbocycles. The van der Waals surface area contributed by atoms with Crippen molar-refractivity contribution in [3.63, 3.8) is 0 Å². The van der Waals surface area contributed by atoms with Gasteiger partial charge in [-0.15, -0.1) is 0 Å². The number of allylic oxidation sites excluding steroid dienone is 5. The van der Waals surface area contributed by atoms with Gasteiger partial charge in [0.25, 0.3) is 0 Å². The molecule has 0 saturated heterocycles. The Hall–Kier alpha value is -3.78. The molecule has 1 N–H and O–H groups in total. The van der Waals surface area contributed by atoms with Crippen molar-refractivity contribution in [3.8, 4) is 28.0 Å². The minimum atomic E-state index is 0.400. The third-order valence-corrected chi connectivity index (χ3v) is 7.06. The Labute approximate surface area is 194 Å². The topological polar surface area (TPSA) is 21.3 Å². The lowest BCUT2D eigenvalue weighted by atomic mass is 9.80. The van der Waals surface area contributed by atoms with Gasteiger partial charge < -0.3 is 10.1 Å². The van der Waals surface area contributed by atoms with Gasteiger partial charge in [0.15, 0.2) is 0 Å². The first kappa shape index (κ1) is 19.9. The molecule has 1 atom stereocenters. The Balaban J connectivity index is 1.48. The van der Waals surface area contributed by atoms with E-state index < -0.39 is 0 Å². The molecule has 2 aliphatic carbocycles. The highest BCUT2D eigenvalue weighted by Gasteiger charge is 2.23. The molecule has 0 bridgehead atoms. The Morgan fingerprint density at radius 3 is 2.73 bits per heavy atom. The molecular weight excluding hydrogens is 402 g/mol. The fraction of sp³-hybridized carbons (Fsp3) is 0.161. The van der Waals surface area contributed by atoms with E-state index >= 15 is 0 Å². The molecular formula is C31H27NO. The number of nitrogens with one attached hydrogen (secondary N) is 1. The second-order valence-corrected chi connectivity index (χ2v) is 8.85. The summed E-state index contributed by atoms with van der Waals surface area (Å²) in [7, 11) is 1.74. The molecule has 0 fully saturated rings. The van der Waals surface area contributed by atoms with Gasteiger partial charge in [0.05, 0.1) is 7.11 Å². The second kappa shape index (κ2) is 8.29. The van der Waals surface area contributed by atoms with Gasteiger partial charge in [-0.05, 0) is 81.8 Å². The molecule has 0 radical (unpaired) electrons. The predicted octanol–water partition coefficient (Wildman–Crippen LogP) is 5.58. The van der Waals surface area contributed by atoms with Crippen LogP contribution in [-0.4, -0.2) is 7.11 Å². The summed E-state index contributed by atoms with van der Waals surface area (Å²) in [6.45, 7) is 0. The van der Waals surface area contributed by atoms with E-state index in [9.17, 15) is 0 Å². The highest BCUT2D eigenvalue weighted by molar-refractivity contribution is 5.81. The lowest BCUT2D eigenvalue weighted by Crippen LogP contribution is -2.36. The first-order valence-electron chi connectivity index (χ1n) is 11.7. The molecule has 2 heteroatoms. The Bertz CT molecular complexity index is 1450. The standard InChI is InChI=1S/C31H27NO/c1-33-31-12-5-4-8-23(31)22-14-13-21-15-16-25-24-9-7-10-28(30-11-3-2-6-19-32-30)26(24)17-18-27(25)29(21)20-22/h2-6,8-9,11-14,16-20,28,32H,7,10,15H2,1H3. The van der Waals surface area contributed by atoms with Crippen LogP contribution in [0.2, 0.25) is 0 Å². The smallest absolute Gasteiger partial charge is 0.126 e. The van der Waals surface area contributed by atoms with Gasteiger partial charge in [-0.25, -0.2) is 0 Å². The van der Waals surface area contributed by atoms with Gasteiger partial charge >= 0.3 is 0 Å². The molecule has 1 heterocycles. The van der Waals surface area contributed by atoms with Gasteiger partial charge in [-0.2, -0.15) is 0 Å². The van der Waals surface area contributed by atoms with E-state index in [1.165, 1.54) is 44.0 Å². The first-order valence-corrected chi connectivity index (χ1v) is 11.7. The maximum atomic E-state index is 5.63. The van der Waals surface area contributed by atoms with Gasteiger partial charge in [-0.3, -0.25) is 0 Å². The van der Waals surface area contributed by atoms with E-state index in [0.29, 0.717) is 5.92 Å². The molecule has 1 unspecified atom stereocenters. The maximum Gasteiger partial charge on any atom is 0.126 e. The highest BCUT2D eigenvalue weighted by atomic mass is 16.5. The molecule has 0 saturated carbocycles. The molecule has 0 spiro atoms. The Morgan fingerprint density at radius 1 is 0.848 bits per heavy atom. The molecule has 1 aliphatic heterocycles. The van der Waals surface area contributed by atoms with Crippen LogP contribution in [0.25, 0.3) is 34.4 Å². The van der Waals surface area contributed by atoms with Crippen LogP contribution < -0.4 is 20.5 Å². The molecule has 0 aromatic heterocycles. The molecule has 162 valence electrons. The minimum absolute atomic E-state index is 0.400. The van der Waals surface area contributed by atoms with Crippen molar-refractivity contribution >= 4 is 12.2 Å². The number of methoxy groups -OCH3 is 1. The zero-order valence-corrected chi connectivity index (χ0v) is 18.8. The van der Waals surface area contributed by atoms with Crippen LogP contribution in [0.4, 0.5) is 0 Å².